The molecule has 2 aliphatic carbocycles. The molecule has 16 heavy (non-hydrogen) atoms. The maximum atomic E-state index is 4.49. The van der Waals surface area contributed by atoms with Gasteiger partial charge in [0.1, 0.15) is 0 Å². The molecule has 4 atom stereocenters. The van der Waals surface area contributed by atoms with Crippen LogP contribution in [0.2, 0.25) is 0 Å². The first-order valence-corrected chi connectivity index (χ1v) is 6.18. The van der Waals surface area contributed by atoms with Crippen LogP contribution in [0.3, 0.4) is 0 Å². The average molecular weight is 213 g/mol. The van der Waals surface area contributed by atoms with Gasteiger partial charge in [0.25, 0.3) is 0 Å². The summed E-state index contributed by atoms with van der Waals surface area (Å²) in [5.41, 5.74) is 1.20. The summed E-state index contributed by atoms with van der Waals surface area (Å²) in [4.78, 5) is 0. The third-order valence-electron chi connectivity index (χ3n) is 4.41. The number of nitrogens with zero attached hydrogens (tertiary/aromatic N) is 3. The predicted octanol–water partition coefficient (Wildman–Crippen LogP) is 3.04. The third kappa shape index (κ3) is 1.03. The van der Waals surface area contributed by atoms with Gasteiger partial charge in [0.2, 0.25) is 0 Å². The van der Waals surface area contributed by atoms with E-state index in [4.69, 9.17) is 0 Å². The van der Waals surface area contributed by atoms with E-state index < -0.39 is 0 Å². The summed E-state index contributed by atoms with van der Waals surface area (Å²) in [5.74, 6) is 1.64. The molecule has 0 aromatic heterocycles. The Hall–Kier alpha value is -1.38. The van der Waals surface area contributed by atoms with E-state index in [-0.39, 0.29) is 0 Å². The molecular formula is C13H15N3. The molecule has 4 rings (SSSR count). The molecule has 0 saturated heterocycles. The van der Waals surface area contributed by atoms with Gasteiger partial charge in [-0.15, -0.1) is 0 Å². The topological polar surface area (TPSA) is 28.0 Å². The van der Waals surface area contributed by atoms with Crippen LogP contribution in [0.15, 0.2) is 40.7 Å². The minimum atomic E-state index is 0.485. The molecule has 2 fully saturated rings. The van der Waals surface area contributed by atoms with Crippen LogP contribution in [0.4, 0.5) is 5.69 Å². The summed E-state index contributed by atoms with van der Waals surface area (Å²) in [7, 11) is 0. The molecule has 3 nitrogen and oxygen atoms in total. The van der Waals surface area contributed by atoms with Gasteiger partial charge >= 0.3 is 0 Å². The quantitative estimate of drug-likeness (QED) is 0.704. The second-order valence-corrected chi connectivity index (χ2v) is 5.20. The van der Waals surface area contributed by atoms with Crippen LogP contribution in [0.1, 0.15) is 19.3 Å². The monoisotopic (exact) mass is 213 g/mol. The predicted molar refractivity (Wildman–Crippen MR) is 62.2 cm³/mol. The van der Waals surface area contributed by atoms with E-state index in [1.807, 2.05) is 0 Å². The summed E-state index contributed by atoms with van der Waals surface area (Å²) in [6.45, 7) is 0. The van der Waals surface area contributed by atoms with E-state index >= 15 is 0 Å². The lowest BCUT2D eigenvalue weighted by Gasteiger charge is -2.28. The van der Waals surface area contributed by atoms with Crippen LogP contribution >= 0.6 is 0 Å². The first kappa shape index (κ1) is 8.74. The van der Waals surface area contributed by atoms with Gasteiger partial charge in [0, 0.05) is 0 Å². The van der Waals surface area contributed by atoms with Crippen molar-refractivity contribution >= 4 is 5.69 Å². The van der Waals surface area contributed by atoms with Crippen molar-refractivity contribution in [3.05, 3.63) is 30.3 Å². The van der Waals surface area contributed by atoms with Crippen LogP contribution in [0, 0.1) is 11.8 Å². The molecule has 1 aliphatic heterocycles. The van der Waals surface area contributed by atoms with Gasteiger partial charge in [0.05, 0.1) is 17.8 Å². The van der Waals surface area contributed by atoms with Gasteiger partial charge in [-0.3, -0.25) is 0 Å². The number of rotatable bonds is 1. The first-order valence-electron chi connectivity index (χ1n) is 6.18. The molecule has 0 unspecified atom stereocenters. The molecule has 2 saturated carbocycles. The van der Waals surface area contributed by atoms with E-state index in [1.54, 1.807) is 0 Å². The van der Waals surface area contributed by atoms with Gasteiger partial charge in [-0.05, 0) is 43.2 Å². The minimum absolute atomic E-state index is 0.485. The molecule has 1 aromatic rings. The molecule has 0 radical (unpaired) electrons. The summed E-state index contributed by atoms with van der Waals surface area (Å²) in [5, 5.41) is 11.0. The van der Waals surface area contributed by atoms with Crippen LogP contribution in [-0.2, 0) is 0 Å². The molecule has 1 aromatic carbocycles. The molecule has 2 bridgehead atoms. The molecule has 0 spiro atoms. The van der Waals surface area contributed by atoms with Gasteiger partial charge in [-0.25, -0.2) is 5.01 Å². The normalized spacial score (nSPS) is 39.4. The van der Waals surface area contributed by atoms with Crippen molar-refractivity contribution in [1.29, 1.82) is 0 Å². The molecule has 3 heteroatoms. The third-order valence-corrected chi connectivity index (χ3v) is 4.41. The zero-order valence-corrected chi connectivity index (χ0v) is 9.16. The number of hydrogen-bond donors (Lipinski definition) is 0. The zero-order chi connectivity index (χ0) is 10.5. The Balaban J connectivity index is 1.70. The second kappa shape index (κ2) is 3.06. The van der Waals surface area contributed by atoms with Gasteiger partial charge in [0.15, 0.2) is 0 Å². The van der Waals surface area contributed by atoms with E-state index in [1.165, 1.54) is 24.9 Å². The number of anilines is 1. The number of hydrogen-bond acceptors (Lipinski definition) is 3. The van der Waals surface area contributed by atoms with Gasteiger partial charge < -0.3 is 0 Å². The van der Waals surface area contributed by atoms with Crippen molar-refractivity contribution in [3.8, 4) is 0 Å². The summed E-state index contributed by atoms with van der Waals surface area (Å²) < 4.78 is 0. The van der Waals surface area contributed by atoms with E-state index in [0.29, 0.717) is 12.1 Å². The maximum absolute atomic E-state index is 4.49. The van der Waals surface area contributed by atoms with Crippen molar-refractivity contribution in [2.75, 3.05) is 5.01 Å². The Bertz CT molecular complexity index is 428. The molecule has 82 valence electrons. The fourth-order valence-corrected chi connectivity index (χ4v) is 3.72. The highest BCUT2D eigenvalue weighted by atomic mass is 15.6. The smallest absolute Gasteiger partial charge is 0.0985 e. The van der Waals surface area contributed by atoms with Crippen molar-refractivity contribution in [1.82, 2.24) is 0 Å². The lowest BCUT2D eigenvalue weighted by atomic mass is 9.91. The molecule has 1 heterocycles. The highest BCUT2D eigenvalue weighted by molar-refractivity contribution is 5.48. The largest absolute Gasteiger partial charge is 0.242 e. The van der Waals surface area contributed by atoms with E-state index in [2.05, 4.69) is 45.7 Å². The second-order valence-electron chi connectivity index (χ2n) is 5.20. The lowest BCUT2D eigenvalue weighted by molar-refractivity contribution is 0.383. The highest BCUT2D eigenvalue weighted by Gasteiger charge is 2.53. The first-order chi connectivity index (χ1) is 7.93. The minimum Gasteiger partial charge on any atom is -0.242 e. The number of benzene rings is 1. The van der Waals surface area contributed by atoms with Crippen molar-refractivity contribution in [2.45, 2.75) is 31.3 Å². The van der Waals surface area contributed by atoms with Gasteiger partial charge in [-0.1, -0.05) is 23.4 Å². The summed E-state index contributed by atoms with van der Waals surface area (Å²) in [6, 6.07) is 11.5. The Morgan fingerprint density at radius 2 is 1.88 bits per heavy atom. The maximum Gasteiger partial charge on any atom is 0.0985 e. The highest BCUT2D eigenvalue weighted by Crippen LogP contribution is 2.51. The standard InChI is InChI=1S/C13H15N3/c1-2-4-11(5-3-1)16-13-10-7-6-9(8-10)12(13)14-15-16/h1-5,9-10,12-13H,6-8H2/t9-,10+,12+,13-/m0/s1. The van der Waals surface area contributed by atoms with Crippen molar-refractivity contribution in [3.63, 3.8) is 0 Å². The van der Waals surface area contributed by atoms with Gasteiger partial charge in [-0.2, -0.15) is 5.11 Å². The van der Waals surface area contributed by atoms with E-state index in [9.17, 15) is 0 Å². The average Bonchev–Trinajstić information content (AvgIpc) is 3.03. The fraction of sp³-hybridized carbons (Fsp3) is 0.538. The Labute approximate surface area is 95.1 Å². The summed E-state index contributed by atoms with van der Waals surface area (Å²) >= 11 is 0. The Kier molecular flexibility index (Phi) is 1.67. The van der Waals surface area contributed by atoms with Crippen molar-refractivity contribution < 1.29 is 0 Å². The van der Waals surface area contributed by atoms with Crippen LogP contribution in [-0.4, -0.2) is 12.1 Å². The molecular weight excluding hydrogens is 198 g/mol. The molecule has 0 N–H and O–H groups in total. The van der Waals surface area contributed by atoms with Crippen LogP contribution in [0.5, 0.6) is 0 Å². The molecule has 0 amide bonds. The van der Waals surface area contributed by atoms with Crippen LogP contribution < -0.4 is 5.01 Å². The Morgan fingerprint density at radius 3 is 2.75 bits per heavy atom. The van der Waals surface area contributed by atoms with Crippen molar-refractivity contribution in [2.24, 2.45) is 22.2 Å². The zero-order valence-electron chi connectivity index (χ0n) is 9.16. The summed E-state index contributed by atoms with van der Waals surface area (Å²) in [6.07, 6.45) is 4.12. The number of fused-ring (bicyclic) bond motifs is 5. The van der Waals surface area contributed by atoms with E-state index in [0.717, 1.165) is 11.8 Å². The molecule has 3 aliphatic rings. The fourth-order valence-electron chi connectivity index (χ4n) is 3.72. The number of para-hydroxylation sites is 1. The lowest BCUT2D eigenvalue weighted by Crippen LogP contribution is -2.39. The van der Waals surface area contributed by atoms with Crippen LogP contribution in [0.25, 0.3) is 0 Å². The SMILES string of the molecule is c1ccc(N2N=N[C@@H]3[C@H]4CC[C@H](C4)[C@@H]32)cc1. The Morgan fingerprint density at radius 1 is 1.06 bits per heavy atom.